The number of thiophene rings is 1. The van der Waals surface area contributed by atoms with E-state index < -0.39 is 17.3 Å². The van der Waals surface area contributed by atoms with Crippen molar-refractivity contribution in [3.05, 3.63) is 103 Å². The van der Waals surface area contributed by atoms with E-state index in [9.17, 15) is 14.4 Å². The van der Waals surface area contributed by atoms with Gasteiger partial charge in [-0.25, -0.2) is 9.59 Å². The minimum atomic E-state index is -0.674. The van der Waals surface area contributed by atoms with Crippen LogP contribution in [0.5, 0.6) is 0 Å². The van der Waals surface area contributed by atoms with Crippen molar-refractivity contribution in [2.24, 2.45) is 5.73 Å². The average Bonchev–Trinajstić information content (AvgIpc) is 3.41. The molecule has 0 saturated heterocycles. The third kappa shape index (κ3) is 4.98. The van der Waals surface area contributed by atoms with Crippen LogP contribution in [0.25, 0.3) is 42.9 Å². The molecule has 0 atom stereocenters. The van der Waals surface area contributed by atoms with Gasteiger partial charge in [-0.3, -0.25) is 13.9 Å². The van der Waals surface area contributed by atoms with Crippen LogP contribution in [0.1, 0.15) is 10.4 Å². The summed E-state index contributed by atoms with van der Waals surface area (Å²) < 4.78 is 2.89. The van der Waals surface area contributed by atoms with Crippen molar-refractivity contribution in [1.29, 1.82) is 0 Å². The quantitative estimate of drug-likeness (QED) is 0.259. The molecule has 3 aromatic carbocycles. The zero-order valence-electron chi connectivity index (χ0n) is 24.0. The summed E-state index contributed by atoms with van der Waals surface area (Å²) in [7, 11) is 7.22. The van der Waals surface area contributed by atoms with Crippen molar-refractivity contribution in [2.45, 2.75) is 0 Å². The molecule has 10 nitrogen and oxygen atoms in total. The van der Waals surface area contributed by atoms with Crippen molar-refractivity contribution in [3.8, 4) is 21.1 Å². The summed E-state index contributed by atoms with van der Waals surface area (Å²) in [4.78, 5) is 52.2. The fourth-order valence-electron chi connectivity index (χ4n) is 5.18. The van der Waals surface area contributed by atoms with Crippen LogP contribution in [-0.4, -0.2) is 53.2 Å². The first-order chi connectivity index (χ1) is 20.9. The molecule has 1 amide bonds. The molecule has 0 fully saturated rings. The minimum Gasteiger partial charge on any atom is -0.366 e. The van der Waals surface area contributed by atoms with Crippen LogP contribution < -0.4 is 26.9 Å². The molecule has 0 saturated carbocycles. The number of benzene rings is 3. The van der Waals surface area contributed by atoms with Crippen molar-refractivity contribution >= 4 is 73.9 Å². The second kappa shape index (κ2) is 11.1. The molecule has 0 aliphatic heterocycles. The highest BCUT2D eigenvalue weighted by atomic mass is 35.5. The highest BCUT2D eigenvalue weighted by molar-refractivity contribution is 7.18. The fourth-order valence-corrected chi connectivity index (χ4v) is 6.68. The maximum atomic E-state index is 13.4. The Labute approximate surface area is 265 Å². The van der Waals surface area contributed by atoms with Gasteiger partial charge in [-0.2, -0.15) is 9.97 Å². The first kappa shape index (κ1) is 29.4. The number of primary amides is 1. The number of nitrogens with zero attached hydrogens (tertiary/aromatic N) is 6. The van der Waals surface area contributed by atoms with Gasteiger partial charge in [-0.05, 0) is 60.2 Å². The van der Waals surface area contributed by atoms with E-state index in [2.05, 4.69) is 9.97 Å². The van der Waals surface area contributed by atoms with E-state index in [0.29, 0.717) is 59.2 Å². The van der Waals surface area contributed by atoms with Gasteiger partial charge in [0.2, 0.25) is 5.91 Å². The predicted molar refractivity (Wildman–Crippen MR) is 179 cm³/mol. The van der Waals surface area contributed by atoms with Crippen molar-refractivity contribution in [1.82, 2.24) is 19.1 Å². The molecule has 2 N–H and O–H groups in total. The van der Waals surface area contributed by atoms with Gasteiger partial charge in [0.25, 0.3) is 0 Å². The van der Waals surface area contributed by atoms with Crippen LogP contribution in [0.2, 0.25) is 10.0 Å². The Morgan fingerprint density at radius 3 is 1.86 bits per heavy atom. The van der Waals surface area contributed by atoms with Crippen LogP contribution in [-0.2, 0) is 0 Å². The maximum Gasteiger partial charge on any atom is 0.355 e. The van der Waals surface area contributed by atoms with Crippen LogP contribution >= 0.6 is 34.5 Å². The molecule has 44 heavy (non-hydrogen) atoms. The third-order valence-corrected chi connectivity index (χ3v) is 8.73. The molecule has 13 heteroatoms. The molecular weight excluding hydrogens is 621 g/mol. The molecule has 6 aromatic rings. The molecule has 3 heterocycles. The highest BCUT2D eigenvalue weighted by Gasteiger charge is 2.22. The SMILES string of the molecule is CN(C)c1nc(=O)n(-c2cccc(-c3sc(-n4c(=O)nc(N(C)C)c5ccc(Cl)cc54)cc3C(N)=O)c2)c2cc(Cl)ccc12. The highest BCUT2D eigenvalue weighted by Crippen LogP contribution is 2.37. The Bertz CT molecular complexity index is 2260. The average molecular weight is 647 g/mol. The maximum absolute atomic E-state index is 13.4. The predicted octanol–water partition coefficient (Wildman–Crippen LogP) is 5.35. The van der Waals surface area contributed by atoms with Gasteiger partial charge in [0.15, 0.2) is 0 Å². The van der Waals surface area contributed by atoms with E-state index in [1.165, 1.54) is 20.5 Å². The Hall–Kier alpha value is -4.71. The smallest absolute Gasteiger partial charge is 0.355 e. The molecule has 0 spiro atoms. The molecule has 0 aliphatic rings. The lowest BCUT2D eigenvalue weighted by molar-refractivity contribution is 0.100. The summed E-state index contributed by atoms with van der Waals surface area (Å²) in [5, 5.41) is 2.77. The number of rotatable bonds is 6. The van der Waals surface area contributed by atoms with Gasteiger partial charge in [0, 0.05) is 53.9 Å². The number of halogens is 2. The van der Waals surface area contributed by atoms with Crippen LogP contribution in [0, 0.1) is 0 Å². The van der Waals surface area contributed by atoms with Crippen LogP contribution in [0.4, 0.5) is 11.6 Å². The van der Waals surface area contributed by atoms with Gasteiger partial charge in [-0.1, -0.05) is 35.3 Å². The number of aromatic nitrogens is 4. The van der Waals surface area contributed by atoms with Gasteiger partial charge in [0.05, 0.1) is 22.3 Å². The van der Waals surface area contributed by atoms with Gasteiger partial charge < -0.3 is 15.5 Å². The van der Waals surface area contributed by atoms with Gasteiger partial charge >= 0.3 is 11.4 Å². The van der Waals surface area contributed by atoms with Crippen LogP contribution in [0.3, 0.4) is 0 Å². The Balaban J connectivity index is 1.58. The zero-order valence-corrected chi connectivity index (χ0v) is 26.3. The monoisotopic (exact) mass is 645 g/mol. The summed E-state index contributed by atoms with van der Waals surface area (Å²) in [6.07, 6.45) is 0. The van der Waals surface area contributed by atoms with Crippen LogP contribution in [0.15, 0.2) is 76.3 Å². The number of hydrogen-bond acceptors (Lipinski definition) is 8. The number of anilines is 2. The van der Waals surface area contributed by atoms with Crippen molar-refractivity contribution in [2.75, 3.05) is 38.0 Å². The van der Waals surface area contributed by atoms with E-state index in [4.69, 9.17) is 28.9 Å². The number of amides is 1. The fraction of sp³-hybridized carbons (Fsp3) is 0.129. The summed E-state index contributed by atoms with van der Waals surface area (Å²) in [6.45, 7) is 0. The molecule has 0 unspecified atom stereocenters. The number of carbonyl (C=O) groups is 1. The van der Waals surface area contributed by atoms with E-state index in [-0.39, 0.29) is 5.56 Å². The number of nitrogens with two attached hydrogens (primary N) is 1. The number of carbonyl (C=O) groups excluding carboxylic acids is 1. The van der Waals surface area contributed by atoms with Crippen molar-refractivity contribution < 1.29 is 4.79 Å². The molecule has 0 bridgehead atoms. The Kier molecular flexibility index (Phi) is 7.40. The molecule has 222 valence electrons. The molecule has 6 rings (SSSR count). The second-order valence-corrected chi connectivity index (χ2v) is 12.4. The number of hydrogen-bond donors (Lipinski definition) is 1. The number of fused-ring (bicyclic) bond motifs is 2. The first-order valence-electron chi connectivity index (χ1n) is 13.3. The second-order valence-electron chi connectivity index (χ2n) is 10.5. The lowest BCUT2D eigenvalue weighted by Gasteiger charge is -2.17. The molecular formula is C31H25Cl2N7O3S. The summed E-state index contributed by atoms with van der Waals surface area (Å²) >= 11 is 13.9. The molecule has 3 aromatic heterocycles. The zero-order chi connectivity index (χ0) is 31.4. The first-order valence-corrected chi connectivity index (χ1v) is 14.9. The van der Waals surface area contributed by atoms with Crippen molar-refractivity contribution in [3.63, 3.8) is 0 Å². The minimum absolute atomic E-state index is 0.210. The van der Waals surface area contributed by atoms with E-state index in [1.807, 2.05) is 20.2 Å². The summed E-state index contributed by atoms with van der Waals surface area (Å²) in [5.41, 5.74) is 7.24. The van der Waals surface area contributed by atoms with E-state index in [0.717, 1.165) is 5.39 Å². The Morgan fingerprint density at radius 1 is 0.773 bits per heavy atom. The Morgan fingerprint density at radius 2 is 1.32 bits per heavy atom. The lowest BCUT2D eigenvalue weighted by atomic mass is 10.1. The van der Waals surface area contributed by atoms with Gasteiger partial charge in [0.1, 0.15) is 16.6 Å². The molecule has 0 radical (unpaired) electrons. The topological polar surface area (TPSA) is 119 Å². The van der Waals surface area contributed by atoms with E-state index in [1.54, 1.807) is 84.6 Å². The third-order valence-electron chi connectivity index (χ3n) is 7.09. The summed E-state index contributed by atoms with van der Waals surface area (Å²) in [5.74, 6) is 0.330. The van der Waals surface area contributed by atoms with Gasteiger partial charge in [-0.15, -0.1) is 11.3 Å². The van der Waals surface area contributed by atoms with E-state index >= 15 is 0 Å². The largest absolute Gasteiger partial charge is 0.366 e. The standard InChI is InChI=1S/C31H25Cl2N7O3S/c1-37(2)28-20-10-8-17(32)13-23(20)39(30(42)35-28)19-7-5-6-16(12-19)26-22(27(34)41)15-25(44-26)40-24-14-18(33)9-11-21(24)29(38(3)4)36-31(40)43/h5-15H,1-4H3,(H2,34,41). The summed E-state index contributed by atoms with van der Waals surface area (Å²) in [6, 6.07) is 19.2. The normalized spacial score (nSPS) is 11.3. The molecule has 0 aliphatic carbocycles. The lowest BCUT2D eigenvalue weighted by Crippen LogP contribution is -2.25.